The van der Waals surface area contributed by atoms with Gasteiger partial charge in [-0.1, -0.05) is 19.9 Å². The number of hydrogen-bond acceptors (Lipinski definition) is 6. The zero-order valence-corrected chi connectivity index (χ0v) is 18.4. The highest BCUT2D eigenvalue weighted by atomic mass is 16.2. The van der Waals surface area contributed by atoms with Crippen molar-refractivity contribution in [2.75, 3.05) is 11.1 Å². The summed E-state index contributed by atoms with van der Waals surface area (Å²) in [5.74, 6) is -0.622. The molecule has 0 fully saturated rings. The van der Waals surface area contributed by atoms with Gasteiger partial charge >= 0.3 is 0 Å². The Morgan fingerprint density at radius 3 is 2.52 bits per heavy atom. The van der Waals surface area contributed by atoms with Crippen molar-refractivity contribution in [3.8, 4) is 11.1 Å². The number of carbonyl (C=O) groups is 2. The average molecular weight is 444 g/mol. The highest BCUT2D eigenvalue weighted by molar-refractivity contribution is 6.11. The molecule has 9 nitrogen and oxygen atoms in total. The van der Waals surface area contributed by atoms with Gasteiger partial charge in [0, 0.05) is 29.4 Å². The first-order valence-corrected chi connectivity index (χ1v) is 10.8. The number of benzene rings is 1. The van der Waals surface area contributed by atoms with Crippen LogP contribution in [0.4, 0.5) is 11.4 Å². The predicted molar refractivity (Wildman–Crippen MR) is 128 cm³/mol. The minimum Gasteiger partial charge on any atom is -0.397 e. The van der Waals surface area contributed by atoms with Crippen LogP contribution >= 0.6 is 0 Å². The summed E-state index contributed by atoms with van der Waals surface area (Å²) in [5.41, 5.74) is 9.85. The molecule has 4 aromatic rings. The van der Waals surface area contributed by atoms with Crippen molar-refractivity contribution in [3.63, 3.8) is 0 Å². The van der Waals surface area contributed by atoms with E-state index in [1.54, 1.807) is 24.5 Å². The summed E-state index contributed by atoms with van der Waals surface area (Å²) in [6.45, 7) is 4.04. The molecule has 0 unspecified atom stereocenters. The molecule has 1 aromatic carbocycles. The van der Waals surface area contributed by atoms with Crippen molar-refractivity contribution in [2.24, 2.45) is 0 Å². The van der Waals surface area contributed by atoms with E-state index in [2.05, 4.69) is 30.8 Å². The average Bonchev–Trinajstić information content (AvgIpc) is 3.26. The van der Waals surface area contributed by atoms with E-state index >= 15 is 0 Å². The molecule has 0 aliphatic rings. The standard InChI is InChI=1S/C24H25N7O2/c1-3-17(4-2)28-23(32)21-8-6-18(13-27-21)29-24(33)22-19-10-14(5-7-20(19)30-31-22)15-9-16(25)12-26-11-15/h5-13,17H,3-4,25H2,1-2H3,(H,28,32)(H,29,33)(H,30,31). The number of nitrogens with two attached hydrogens (primary N) is 1. The van der Waals surface area contributed by atoms with Crippen LogP contribution in [0.2, 0.25) is 0 Å². The third-order valence-electron chi connectivity index (χ3n) is 5.45. The fourth-order valence-corrected chi connectivity index (χ4v) is 3.53. The minimum atomic E-state index is -0.389. The molecule has 4 rings (SSSR count). The van der Waals surface area contributed by atoms with Crippen LogP contribution < -0.4 is 16.4 Å². The van der Waals surface area contributed by atoms with Crippen LogP contribution in [-0.2, 0) is 0 Å². The number of amides is 2. The van der Waals surface area contributed by atoms with E-state index < -0.39 is 0 Å². The summed E-state index contributed by atoms with van der Waals surface area (Å²) < 4.78 is 0. The molecule has 0 spiro atoms. The summed E-state index contributed by atoms with van der Waals surface area (Å²) >= 11 is 0. The van der Waals surface area contributed by atoms with Gasteiger partial charge in [0.25, 0.3) is 11.8 Å². The molecule has 0 aliphatic heterocycles. The SMILES string of the molecule is CCC(CC)NC(=O)c1ccc(NC(=O)c2n[nH]c3ccc(-c4cncc(N)c4)cc23)cn1. The van der Waals surface area contributed by atoms with Gasteiger partial charge in [0.2, 0.25) is 0 Å². The molecule has 5 N–H and O–H groups in total. The number of aromatic nitrogens is 4. The number of aromatic amines is 1. The first kappa shape index (κ1) is 21.9. The van der Waals surface area contributed by atoms with Crippen LogP contribution in [0.3, 0.4) is 0 Å². The molecule has 9 heteroatoms. The topological polar surface area (TPSA) is 139 Å². The number of anilines is 2. The van der Waals surface area contributed by atoms with Crippen LogP contribution in [0.25, 0.3) is 22.0 Å². The maximum Gasteiger partial charge on any atom is 0.276 e. The fraction of sp³-hybridized carbons (Fsp3) is 0.208. The van der Waals surface area contributed by atoms with Gasteiger partial charge in [-0.3, -0.25) is 19.7 Å². The molecule has 0 bridgehead atoms. The molecule has 168 valence electrons. The number of rotatable bonds is 7. The van der Waals surface area contributed by atoms with Crippen LogP contribution in [0.1, 0.15) is 47.7 Å². The number of H-pyrrole nitrogens is 1. The van der Waals surface area contributed by atoms with Gasteiger partial charge < -0.3 is 16.4 Å². The van der Waals surface area contributed by atoms with Gasteiger partial charge in [0.1, 0.15) is 5.69 Å². The van der Waals surface area contributed by atoms with Crippen molar-refractivity contribution >= 4 is 34.1 Å². The lowest BCUT2D eigenvalue weighted by Crippen LogP contribution is -2.34. The first-order valence-electron chi connectivity index (χ1n) is 10.8. The van der Waals surface area contributed by atoms with E-state index in [9.17, 15) is 9.59 Å². The van der Waals surface area contributed by atoms with Gasteiger partial charge in [-0.15, -0.1) is 0 Å². The van der Waals surface area contributed by atoms with Gasteiger partial charge in [-0.2, -0.15) is 5.10 Å². The zero-order valence-electron chi connectivity index (χ0n) is 18.4. The van der Waals surface area contributed by atoms with E-state index in [4.69, 9.17) is 5.73 Å². The van der Waals surface area contributed by atoms with Crippen molar-refractivity contribution in [1.29, 1.82) is 0 Å². The summed E-state index contributed by atoms with van der Waals surface area (Å²) in [5, 5.41) is 13.5. The van der Waals surface area contributed by atoms with Gasteiger partial charge in [-0.25, -0.2) is 4.98 Å². The van der Waals surface area contributed by atoms with Gasteiger partial charge in [-0.05, 0) is 48.7 Å². The van der Waals surface area contributed by atoms with E-state index in [1.807, 2.05) is 38.1 Å². The Morgan fingerprint density at radius 2 is 1.82 bits per heavy atom. The maximum atomic E-state index is 12.9. The highest BCUT2D eigenvalue weighted by Crippen LogP contribution is 2.26. The molecular formula is C24H25N7O2. The van der Waals surface area contributed by atoms with Crippen LogP contribution in [0, 0.1) is 0 Å². The van der Waals surface area contributed by atoms with E-state index in [0.717, 1.165) is 29.5 Å². The van der Waals surface area contributed by atoms with E-state index in [0.29, 0.717) is 22.5 Å². The fourth-order valence-electron chi connectivity index (χ4n) is 3.53. The number of nitrogens with zero attached hydrogens (tertiary/aromatic N) is 3. The number of nitrogens with one attached hydrogen (secondary N) is 3. The molecule has 0 atom stereocenters. The minimum absolute atomic E-state index is 0.111. The Bertz CT molecular complexity index is 1290. The normalized spacial score (nSPS) is 11.0. The van der Waals surface area contributed by atoms with Crippen molar-refractivity contribution in [3.05, 3.63) is 66.4 Å². The molecular weight excluding hydrogens is 418 g/mol. The quantitative estimate of drug-likeness (QED) is 0.343. The summed E-state index contributed by atoms with van der Waals surface area (Å²) in [7, 11) is 0. The highest BCUT2D eigenvalue weighted by Gasteiger charge is 2.17. The molecule has 0 radical (unpaired) electrons. The lowest BCUT2D eigenvalue weighted by atomic mass is 10.0. The largest absolute Gasteiger partial charge is 0.397 e. The molecule has 0 aliphatic carbocycles. The van der Waals surface area contributed by atoms with Crippen molar-refractivity contribution in [1.82, 2.24) is 25.5 Å². The second kappa shape index (κ2) is 9.47. The molecule has 3 aromatic heterocycles. The number of pyridine rings is 2. The number of hydrogen-bond donors (Lipinski definition) is 4. The zero-order chi connectivity index (χ0) is 23.4. The second-order valence-electron chi connectivity index (χ2n) is 7.71. The Labute approximate surface area is 190 Å². The van der Waals surface area contributed by atoms with Crippen LogP contribution in [-0.4, -0.2) is 38.0 Å². The Morgan fingerprint density at radius 1 is 1.00 bits per heavy atom. The lowest BCUT2D eigenvalue weighted by molar-refractivity contribution is 0.0929. The second-order valence-corrected chi connectivity index (χ2v) is 7.71. The molecule has 2 amide bonds. The summed E-state index contributed by atoms with van der Waals surface area (Å²) in [6.07, 6.45) is 6.45. The van der Waals surface area contributed by atoms with E-state index in [1.165, 1.54) is 6.20 Å². The third kappa shape index (κ3) is 4.82. The van der Waals surface area contributed by atoms with Gasteiger partial charge in [0.15, 0.2) is 5.69 Å². The Hall–Kier alpha value is -4.27. The third-order valence-corrected chi connectivity index (χ3v) is 5.45. The molecule has 3 heterocycles. The monoisotopic (exact) mass is 443 g/mol. The predicted octanol–water partition coefficient (Wildman–Crippen LogP) is 3.77. The summed E-state index contributed by atoms with van der Waals surface area (Å²) in [6, 6.07) is 10.8. The number of nitrogen functional groups attached to an aromatic ring is 1. The molecule has 0 saturated carbocycles. The van der Waals surface area contributed by atoms with Crippen molar-refractivity contribution in [2.45, 2.75) is 32.7 Å². The first-order chi connectivity index (χ1) is 16.0. The number of fused-ring (bicyclic) bond motifs is 1. The lowest BCUT2D eigenvalue weighted by Gasteiger charge is -2.14. The van der Waals surface area contributed by atoms with Crippen LogP contribution in [0.5, 0.6) is 0 Å². The Balaban J connectivity index is 1.52. The molecule has 0 saturated heterocycles. The Kier molecular flexibility index (Phi) is 6.30. The number of carbonyl (C=O) groups excluding carboxylic acids is 2. The summed E-state index contributed by atoms with van der Waals surface area (Å²) in [4.78, 5) is 33.5. The smallest absolute Gasteiger partial charge is 0.276 e. The van der Waals surface area contributed by atoms with Gasteiger partial charge in [0.05, 0.1) is 23.1 Å². The van der Waals surface area contributed by atoms with Crippen molar-refractivity contribution < 1.29 is 9.59 Å². The van der Waals surface area contributed by atoms with Crippen LogP contribution in [0.15, 0.2) is 55.0 Å². The molecule has 33 heavy (non-hydrogen) atoms. The maximum absolute atomic E-state index is 12.9. The van der Waals surface area contributed by atoms with E-state index in [-0.39, 0.29) is 23.6 Å².